The molecule has 19 heavy (non-hydrogen) atoms. The van der Waals surface area contributed by atoms with Crippen molar-refractivity contribution in [1.29, 1.82) is 0 Å². The molecular formula is C16H29N3. The predicted molar refractivity (Wildman–Crippen MR) is 83.6 cm³/mol. The Hall–Kier alpha value is -1.09. The van der Waals surface area contributed by atoms with E-state index in [0.717, 1.165) is 24.5 Å². The molecule has 0 atom stereocenters. The maximum Gasteiger partial charge on any atom is 0.126 e. The number of pyridine rings is 1. The molecule has 0 saturated heterocycles. The minimum atomic E-state index is 0.0358. The van der Waals surface area contributed by atoms with Crippen LogP contribution in [0.2, 0.25) is 0 Å². The van der Waals surface area contributed by atoms with Crippen LogP contribution in [0.1, 0.15) is 59.7 Å². The van der Waals surface area contributed by atoms with Crippen molar-refractivity contribution in [3.63, 3.8) is 0 Å². The van der Waals surface area contributed by atoms with Gasteiger partial charge in [0.05, 0.1) is 0 Å². The lowest BCUT2D eigenvalue weighted by Crippen LogP contribution is -2.35. The van der Waals surface area contributed by atoms with Gasteiger partial charge in [-0.05, 0) is 65.7 Å². The molecule has 1 heterocycles. The lowest BCUT2D eigenvalue weighted by Gasteiger charge is -2.23. The highest BCUT2D eigenvalue weighted by atomic mass is 15.0. The van der Waals surface area contributed by atoms with E-state index in [1.807, 2.05) is 0 Å². The van der Waals surface area contributed by atoms with Crippen LogP contribution in [-0.2, 0) is 13.0 Å². The first kappa shape index (κ1) is 16.0. The van der Waals surface area contributed by atoms with E-state index < -0.39 is 0 Å². The maximum absolute atomic E-state index is 4.64. The molecule has 0 aliphatic carbocycles. The van der Waals surface area contributed by atoms with Crippen molar-refractivity contribution >= 4 is 5.82 Å². The molecule has 108 valence electrons. The van der Waals surface area contributed by atoms with Gasteiger partial charge in [-0.25, -0.2) is 4.98 Å². The number of hydrogen-bond acceptors (Lipinski definition) is 3. The minimum absolute atomic E-state index is 0.0358. The number of anilines is 1. The summed E-state index contributed by atoms with van der Waals surface area (Å²) in [5.41, 5.74) is 2.59. The van der Waals surface area contributed by atoms with Crippen molar-refractivity contribution in [2.75, 3.05) is 5.32 Å². The van der Waals surface area contributed by atoms with Gasteiger partial charge < -0.3 is 10.6 Å². The highest BCUT2D eigenvalue weighted by Gasteiger charge is 2.13. The van der Waals surface area contributed by atoms with Crippen molar-refractivity contribution in [1.82, 2.24) is 10.3 Å². The van der Waals surface area contributed by atoms with Gasteiger partial charge in [-0.3, -0.25) is 0 Å². The summed E-state index contributed by atoms with van der Waals surface area (Å²) < 4.78 is 0. The molecule has 0 aromatic carbocycles. The van der Waals surface area contributed by atoms with Crippen molar-refractivity contribution < 1.29 is 0 Å². The van der Waals surface area contributed by atoms with E-state index in [4.69, 9.17) is 0 Å². The Morgan fingerprint density at radius 1 is 1.00 bits per heavy atom. The Morgan fingerprint density at radius 2 is 1.63 bits per heavy atom. The fraction of sp³-hybridized carbons (Fsp3) is 0.688. The van der Waals surface area contributed by atoms with E-state index in [1.165, 1.54) is 5.56 Å². The summed E-state index contributed by atoms with van der Waals surface area (Å²) in [6, 6.07) is 4.33. The van der Waals surface area contributed by atoms with Crippen LogP contribution >= 0.6 is 0 Å². The van der Waals surface area contributed by atoms with E-state index in [2.05, 4.69) is 76.2 Å². The zero-order valence-corrected chi connectivity index (χ0v) is 13.5. The monoisotopic (exact) mass is 263 g/mol. The van der Waals surface area contributed by atoms with Gasteiger partial charge >= 0.3 is 0 Å². The van der Waals surface area contributed by atoms with Crippen LogP contribution < -0.4 is 10.6 Å². The average molecular weight is 263 g/mol. The molecule has 0 aliphatic heterocycles. The molecule has 0 unspecified atom stereocenters. The molecule has 0 amide bonds. The van der Waals surface area contributed by atoms with Gasteiger partial charge in [0.15, 0.2) is 0 Å². The maximum atomic E-state index is 4.64. The molecule has 1 rings (SSSR count). The van der Waals surface area contributed by atoms with E-state index >= 15 is 0 Å². The lowest BCUT2D eigenvalue weighted by molar-refractivity contribution is 0.424. The van der Waals surface area contributed by atoms with Crippen molar-refractivity contribution in [2.45, 2.75) is 72.5 Å². The minimum Gasteiger partial charge on any atom is -0.365 e. The van der Waals surface area contributed by atoms with E-state index in [-0.39, 0.29) is 11.1 Å². The van der Waals surface area contributed by atoms with Crippen LogP contribution in [0, 0.1) is 0 Å². The Bertz CT molecular complexity index is 411. The third kappa shape index (κ3) is 6.58. The second-order valence-electron chi connectivity index (χ2n) is 7.18. The molecule has 0 aliphatic rings. The van der Waals surface area contributed by atoms with E-state index in [9.17, 15) is 0 Å². The largest absolute Gasteiger partial charge is 0.365 e. The van der Waals surface area contributed by atoms with Gasteiger partial charge in [0.25, 0.3) is 0 Å². The Labute approximate surface area is 118 Å². The van der Waals surface area contributed by atoms with Crippen molar-refractivity contribution in [3.8, 4) is 0 Å². The number of aromatic nitrogens is 1. The van der Waals surface area contributed by atoms with E-state index in [1.54, 1.807) is 0 Å². The van der Waals surface area contributed by atoms with Crippen molar-refractivity contribution in [2.24, 2.45) is 0 Å². The number of hydrogen-bond donors (Lipinski definition) is 2. The first-order valence-corrected chi connectivity index (χ1v) is 7.12. The Morgan fingerprint density at radius 3 is 2.11 bits per heavy atom. The van der Waals surface area contributed by atoms with Gasteiger partial charge in [0.1, 0.15) is 5.82 Å². The quantitative estimate of drug-likeness (QED) is 0.869. The third-order valence-corrected chi connectivity index (χ3v) is 2.63. The first-order chi connectivity index (χ1) is 8.59. The van der Waals surface area contributed by atoms with Gasteiger partial charge in [-0.1, -0.05) is 6.92 Å². The topological polar surface area (TPSA) is 37.0 Å². The zero-order valence-electron chi connectivity index (χ0n) is 13.5. The number of nitrogens with zero attached hydrogens (tertiary/aromatic N) is 1. The second kappa shape index (κ2) is 5.91. The molecule has 1 aromatic heterocycles. The molecule has 0 spiro atoms. The lowest BCUT2D eigenvalue weighted by atomic mass is 10.1. The molecule has 0 bridgehead atoms. The molecule has 3 heteroatoms. The zero-order chi connectivity index (χ0) is 14.7. The van der Waals surface area contributed by atoms with Gasteiger partial charge in [-0.15, -0.1) is 0 Å². The Kier molecular flexibility index (Phi) is 4.97. The average Bonchev–Trinajstić information content (AvgIpc) is 2.22. The van der Waals surface area contributed by atoms with Crippen LogP contribution in [-0.4, -0.2) is 16.1 Å². The molecule has 1 aromatic rings. The summed E-state index contributed by atoms with van der Waals surface area (Å²) in [7, 11) is 0. The first-order valence-electron chi connectivity index (χ1n) is 7.12. The number of rotatable bonds is 4. The molecule has 0 fully saturated rings. The molecule has 0 saturated carbocycles. The standard InChI is InChI=1S/C16H29N3/c1-8-13-9-12(11-17-15(2,3)4)10-14(18-13)19-16(5,6)7/h9-10,17H,8,11H2,1-7H3,(H,18,19). The molecule has 3 nitrogen and oxygen atoms in total. The smallest absolute Gasteiger partial charge is 0.126 e. The van der Waals surface area contributed by atoms with Crippen LogP contribution in [0.3, 0.4) is 0 Å². The summed E-state index contributed by atoms with van der Waals surface area (Å²) >= 11 is 0. The van der Waals surface area contributed by atoms with Crippen LogP contribution in [0.5, 0.6) is 0 Å². The number of nitrogens with one attached hydrogen (secondary N) is 2. The second-order valence-corrected chi connectivity index (χ2v) is 7.18. The molecule has 0 radical (unpaired) electrons. The van der Waals surface area contributed by atoms with Gasteiger partial charge in [0, 0.05) is 23.3 Å². The Balaban J connectivity index is 2.89. The summed E-state index contributed by atoms with van der Waals surface area (Å²) in [6.07, 6.45) is 0.960. The molecular weight excluding hydrogens is 234 g/mol. The van der Waals surface area contributed by atoms with Gasteiger partial charge in [0.2, 0.25) is 0 Å². The highest BCUT2D eigenvalue weighted by molar-refractivity contribution is 5.41. The summed E-state index contributed by atoms with van der Waals surface area (Å²) in [5.74, 6) is 0.970. The normalized spacial score (nSPS) is 12.6. The SMILES string of the molecule is CCc1cc(CNC(C)(C)C)cc(NC(C)(C)C)n1. The van der Waals surface area contributed by atoms with Crippen LogP contribution in [0.25, 0.3) is 0 Å². The molecule has 2 N–H and O–H groups in total. The fourth-order valence-corrected chi connectivity index (χ4v) is 1.75. The fourth-order valence-electron chi connectivity index (χ4n) is 1.75. The third-order valence-electron chi connectivity index (χ3n) is 2.63. The van der Waals surface area contributed by atoms with Crippen LogP contribution in [0.15, 0.2) is 12.1 Å². The van der Waals surface area contributed by atoms with Crippen molar-refractivity contribution in [3.05, 3.63) is 23.4 Å². The summed E-state index contributed by atoms with van der Waals surface area (Å²) in [5, 5.41) is 6.98. The van der Waals surface area contributed by atoms with E-state index in [0.29, 0.717) is 0 Å². The van der Waals surface area contributed by atoms with Gasteiger partial charge in [-0.2, -0.15) is 0 Å². The highest BCUT2D eigenvalue weighted by Crippen LogP contribution is 2.16. The van der Waals surface area contributed by atoms with Crippen LogP contribution in [0.4, 0.5) is 5.82 Å². The summed E-state index contributed by atoms with van der Waals surface area (Å²) in [4.78, 5) is 4.64. The summed E-state index contributed by atoms with van der Waals surface area (Å²) in [6.45, 7) is 16.0. The predicted octanol–water partition coefficient (Wildman–Crippen LogP) is 3.74. The number of aryl methyl sites for hydroxylation is 1.